The zero-order valence-electron chi connectivity index (χ0n) is 12.3. The van der Waals surface area contributed by atoms with E-state index < -0.39 is 6.10 Å². The van der Waals surface area contributed by atoms with Crippen molar-refractivity contribution in [3.63, 3.8) is 0 Å². The van der Waals surface area contributed by atoms with Crippen LogP contribution < -0.4 is 10.1 Å². The molecule has 4 nitrogen and oxygen atoms in total. The number of carbonyl (C=O) groups is 2. The molecule has 2 rings (SSSR count). The van der Waals surface area contributed by atoms with Crippen molar-refractivity contribution < 1.29 is 14.3 Å². The third-order valence-corrected chi connectivity index (χ3v) is 3.70. The number of para-hydroxylation sites is 1. The number of carbonyl (C=O) groups excluding carboxylic acids is 2. The SMILES string of the molecule is CC(=O)c1cccc(NC(=O)C(C)Oc2ccccc2Br)c1. The Labute approximate surface area is 137 Å². The molecule has 0 aliphatic rings. The van der Waals surface area contributed by atoms with Crippen molar-refractivity contribution in [2.45, 2.75) is 20.0 Å². The first kappa shape index (κ1) is 16.2. The van der Waals surface area contributed by atoms with Crippen LogP contribution in [0.4, 0.5) is 5.69 Å². The van der Waals surface area contributed by atoms with Crippen molar-refractivity contribution >= 4 is 33.3 Å². The topological polar surface area (TPSA) is 55.4 Å². The van der Waals surface area contributed by atoms with Gasteiger partial charge in [0, 0.05) is 11.3 Å². The fraction of sp³-hybridized carbons (Fsp3) is 0.176. The molecule has 2 aromatic rings. The highest BCUT2D eigenvalue weighted by atomic mass is 79.9. The van der Waals surface area contributed by atoms with Crippen LogP contribution in [0.3, 0.4) is 0 Å². The number of halogens is 1. The van der Waals surface area contributed by atoms with E-state index in [1.165, 1.54) is 6.92 Å². The Morgan fingerprint density at radius 2 is 1.86 bits per heavy atom. The standard InChI is InChI=1S/C17H16BrNO3/c1-11(20)13-6-5-7-14(10-13)19-17(21)12(2)22-16-9-4-3-8-15(16)18/h3-10,12H,1-2H3,(H,19,21). The van der Waals surface area contributed by atoms with Gasteiger partial charge in [0.25, 0.3) is 5.91 Å². The Morgan fingerprint density at radius 3 is 2.55 bits per heavy atom. The molecule has 0 aliphatic heterocycles. The highest BCUT2D eigenvalue weighted by Crippen LogP contribution is 2.25. The Hall–Kier alpha value is -2.14. The molecular weight excluding hydrogens is 346 g/mol. The van der Waals surface area contributed by atoms with Gasteiger partial charge in [-0.05, 0) is 54.0 Å². The predicted octanol–water partition coefficient (Wildman–Crippen LogP) is 4.06. The Morgan fingerprint density at radius 1 is 1.14 bits per heavy atom. The van der Waals surface area contributed by atoms with E-state index in [1.807, 2.05) is 18.2 Å². The van der Waals surface area contributed by atoms with Gasteiger partial charge >= 0.3 is 0 Å². The fourth-order valence-electron chi connectivity index (χ4n) is 1.84. The average molecular weight is 362 g/mol. The molecule has 0 spiro atoms. The monoisotopic (exact) mass is 361 g/mol. The second-order valence-electron chi connectivity index (χ2n) is 4.82. The number of ketones is 1. The number of ether oxygens (including phenoxy) is 1. The molecule has 2 aromatic carbocycles. The molecular formula is C17H16BrNO3. The zero-order valence-corrected chi connectivity index (χ0v) is 13.9. The number of Topliss-reactive ketones (excluding diaryl/α,β-unsaturated/α-hetero) is 1. The second kappa shape index (κ2) is 7.22. The Balaban J connectivity index is 2.04. The van der Waals surface area contributed by atoms with Gasteiger partial charge in [-0.2, -0.15) is 0 Å². The van der Waals surface area contributed by atoms with Crippen LogP contribution in [0.2, 0.25) is 0 Å². The highest BCUT2D eigenvalue weighted by Gasteiger charge is 2.16. The van der Waals surface area contributed by atoms with E-state index in [0.29, 0.717) is 17.0 Å². The summed E-state index contributed by atoms with van der Waals surface area (Å²) in [6, 6.07) is 14.1. The van der Waals surface area contributed by atoms with Crippen LogP contribution in [0, 0.1) is 0 Å². The van der Waals surface area contributed by atoms with Gasteiger partial charge in [-0.1, -0.05) is 24.3 Å². The van der Waals surface area contributed by atoms with Crippen molar-refractivity contribution in [1.82, 2.24) is 0 Å². The van der Waals surface area contributed by atoms with E-state index in [9.17, 15) is 9.59 Å². The summed E-state index contributed by atoms with van der Waals surface area (Å²) in [7, 11) is 0. The van der Waals surface area contributed by atoms with Gasteiger partial charge in [-0.25, -0.2) is 0 Å². The van der Waals surface area contributed by atoms with Gasteiger partial charge in [0.1, 0.15) is 5.75 Å². The van der Waals surface area contributed by atoms with E-state index in [1.54, 1.807) is 37.3 Å². The molecule has 1 atom stereocenters. The van der Waals surface area contributed by atoms with E-state index in [4.69, 9.17) is 4.74 Å². The van der Waals surface area contributed by atoms with Crippen molar-refractivity contribution in [2.24, 2.45) is 0 Å². The van der Waals surface area contributed by atoms with E-state index in [2.05, 4.69) is 21.2 Å². The molecule has 0 radical (unpaired) electrons. The summed E-state index contributed by atoms with van der Waals surface area (Å²) >= 11 is 3.37. The van der Waals surface area contributed by atoms with E-state index in [0.717, 1.165) is 4.47 Å². The van der Waals surface area contributed by atoms with Crippen LogP contribution in [-0.4, -0.2) is 17.8 Å². The van der Waals surface area contributed by atoms with Gasteiger partial charge in [0.05, 0.1) is 4.47 Å². The molecule has 0 aliphatic carbocycles. The van der Waals surface area contributed by atoms with Crippen molar-refractivity contribution in [1.29, 1.82) is 0 Å². The molecule has 1 N–H and O–H groups in total. The molecule has 1 unspecified atom stereocenters. The van der Waals surface area contributed by atoms with Crippen molar-refractivity contribution in [3.05, 3.63) is 58.6 Å². The molecule has 0 saturated heterocycles. The second-order valence-corrected chi connectivity index (χ2v) is 5.67. The zero-order chi connectivity index (χ0) is 16.1. The van der Waals surface area contributed by atoms with Crippen LogP contribution in [-0.2, 0) is 4.79 Å². The lowest BCUT2D eigenvalue weighted by atomic mass is 10.1. The number of anilines is 1. The first-order valence-electron chi connectivity index (χ1n) is 6.80. The van der Waals surface area contributed by atoms with Crippen molar-refractivity contribution in [3.8, 4) is 5.75 Å². The molecule has 1 amide bonds. The molecule has 0 aromatic heterocycles. The minimum Gasteiger partial charge on any atom is -0.480 e. The first-order valence-corrected chi connectivity index (χ1v) is 7.59. The lowest BCUT2D eigenvalue weighted by Crippen LogP contribution is -2.30. The van der Waals surface area contributed by atoms with Gasteiger partial charge in [0.15, 0.2) is 11.9 Å². The van der Waals surface area contributed by atoms with E-state index in [-0.39, 0.29) is 11.7 Å². The fourth-order valence-corrected chi connectivity index (χ4v) is 2.22. The van der Waals surface area contributed by atoms with Gasteiger partial charge in [-0.3, -0.25) is 9.59 Å². The number of hydrogen-bond donors (Lipinski definition) is 1. The molecule has 0 bridgehead atoms. The predicted molar refractivity (Wildman–Crippen MR) is 89.3 cm³/mol. The lowest BCUT2D eigenvalue weighted by Gasteiger charge is -2.16. The average Bonchev–Trinajstić information content (AvgIpc) is 2.49. The van der Waals surface area contributed by atoms with Gasteiger partial charge < -0.3 is 10.1 Å². The van der Waals surface area contributed by atoms with Gasteiger partial charge in [-0.15, -0.1) is 0 Å². The highest BCUT2D eigenvalue weighted by molar-refractivity contribution is 9.10. The summed E-state index contributed by atoms with van der Waals surface area (Å²) in [5.74, 6) is 0.271. The minimum atomic E-state index is -0.667. The van der Waals surface area contributed by atoms with Crippen molar-refractivity contribution in [2.75, 3.05) is 5.32 Å². The van der Waals surface area contributed by atoms with Crippen LogP contribution in [0.1, 0.15) is 24.2 Å². The smallest absolute Gasteiger partial charge is 0.265 e. The maximum atomic E-state index is 12.2. The summed E-state index contributed by atoms with van der Waals surface area (Å²) in [5, 5.41) is 2.75. The normalized spacial score (nSPS) is 11.6. The maximum Gasteiger partial charge on any atom is 0.265 e. The summed E-state index contributed by atoms with van der Waals surface area (Å²) in [5.41, 5.74) is 1.12. The summed E-state index contributed by atoms with van der Waals surface area (Å²) in [4.78, 5) is 23.5. The van der Waals surface area contributed by atoms with Gasteiger partial charge in [0.2, 0.25) is 0 Å². The Bertz CT molecular complexity index is 700. The number of amides is 1. The maximum absolute atomic E-state index is 12.2. The van der Waals surface area contributed by atoms with Crippen LogP contribution in [0.15, 0.2) is 53.0 Å². The largest absolute Gasteiger partial charge is 0.480 e. The Kier molecular flexibility index (Phi) is 5.33. The first-order chi connectivity index (χ1) is 10.5. The number of hydrogen-bond acceptors (Lipinski definition) is 3. The summed E-state index contributed by atoms with van der Waals surface area (Å²) in [6.07, 6.45) is -0.667. The molecule has 0 saturated carbocycles. The number of benzene rings is 2. The quantitative estimate of drug-likeness (QED) is 0.817. The van der Waals surface area contributed by atoms with Crippen LogP contribution >= 0.6 is 15.9 Å². The third-order valence-electron chi connectivity index (χ3n) is 3.05. The van der Waals surface area contributed by atoms with Crippen LogP contribution in [0.5, 0.6) is 5.75 Å². The molecule has 5 heteroatoms. The number of nitrogens with one attached hydrogen (secondary N) is 1. The molecule has 114 valence electrons. The van der Waals surface area contributed by atoms with E-state index >= 15 is 0 Å². The summed E-state index contributed by atoms with van der Waals surface area (Å²) in [6.45, 7) is 3.16. The number of rotatable bonds is 5. The van der Waals surface area contributed by atoms with Crippen LogP contribution in [0.25, 0.3) is 0 Å². The minimum absolute atomic E-state index is 0.0476. The molecule has 22 heavy (non-hydrogen) atoms. The summed E-state index contributed by atoms with van der Waals surface area (Å²) < 4.78 is 6.42. The molecule has 0 heterocycles. The molecule has 0 fully saturated rings. The third kappa shape index (κ3) is 4.18. The lowest BCUT2D eigenvalue weighted by molar-refractivity contribution is -0.122.